The first-order chi connectivity index (χ1) is 13.8. The number of rotatable bonds is 6. The Labute approximate surface area is 171 Å². The molecule has 1 amide bonds. The van der Waals surface area contributed by atoms with Gasteiger partial charge in [0.1, 0.15) is 5.56 Å². The Bertz CT molecular complexity index is 1060. The number of carbonyl (C=O) groups is 1. The Morgan fingerprint density at radius 1 is 1.34 bits per heavy atom. The van der Waals surface area contributed by atoms with Crippen LogP contribution in [0.4, 0.5) is 0 Å². The van der Waals surface area contributed by atoms with Crippen molar-refractivity contribution in [3.8, 4) is 5.88 Å². The van der Waals surface area contributed by atoms with Crippen molar-refractivity contribution in [3.05, 3.63) is 61.3 Å². The van der Waals surface area contributed by atoms with Gasteiger partial charge >= 0.3 is 5.69 Å². The van der Waals surface area contributed by atoms with Gasteiger partial charge in [0.05, 0.1) is 11.8 Å². The number of hydrogen-bond donors (Lipinski definition) is 2. The van der Waals surface area contributed by atoms with Gasteiger partial charge in [-0.25, -0.2) is 9.80 Å². The zero-order valence-electron chi connectivity index (χ0n) is 16.0. The third-order valence-electron chi connectivity index (χ3n) is 4.68. The van der Waals surface area contributed by atoms with Crippen LogP contribution in [0.2, 0.25) is 5.02 Å². The van der Waals surface area contributed by atoms with Crippen LogP contribution in [-0.2, 0) is 16.1 Å². The van der Waals surface area contributed by atoms with Gasteiger partial charge in [-0.2, -0.15) is 5.10 Å². The molecule has 0 radical (unpaired) electrons. The fraction of sp³-hybridized carbons (Fsp3) is 0.368. The van der Waals surface area contributed by atoms with Crippen molar-refractivity contribution in [1.29, 1.82) is 0 Å². The molecule has 2 heterocycles. The fourth-order valence-corrected chi connectivity index (χ4v) is 3.42. The van der Waals surface area contributed by atoms with E-state index >= 15 is 0 Å². The standard InChI is InChI=1S/C19H21ClN4O5/c1-11(25)24-15(12-4-6-13(20)7-5-12)10-14(22-24)16-17(26)21-19(28)23(18(16)27)8-3-9-29-2/h4-7,15,27H,3,8-10H2,1-2H3,(H,21,26,28)/t15-/m1/s1. The van der Waals surface area contributed by atoms with Crippen molar-refractivity contribution >= 4 is 23.2 Å². The molecule has 0 saturated carbocycles. The number of H-pyrrole nitrogens is 1. The Balaban J connectivity index is 2.01. The number of nitrogens with one attached hydrogen (secondary N) is 1. The van der Waals surface area contributed by atoms with Crippen LogP contribution in [0.5, 0.6) is 5.88 Å². The molecule has 0 saturated heterocycles. The van der Waals surface area contributed by atoms with Gasteiger partial charge in [0.15, 0.2) is 0 Å². The first kappa shape index (κ1) is 20.8. The van der Waals surface area contributed by atoms with Gasteiger partial charge in [0, 0.05) is 38.6 Å². The van der Waals surface area contributed by atoms with Crippen LogP contribution in [0, 0.1) is 0 Å². The van der Waals surface area contributed by atoms with E-state index in [2.05, 4.69) is 10.1 Å². The van der Waals surface area contributed by atoms with Gasteiger partial charge in [-0.05, 0) is 24.1 Å². The number of benzene rings is 1. The van der Waals surface area contributed by atoms with E-state index in [1.54, 1.807) is 24.3 Å². The number of methoxy groups -OCH3 is 1. The van der Waals surface area contributed by atoms with Crippen LogP contribution >= 0.6 is 11.6 Å². The van der Waals surface area contributed by atoms with Crippen molar-refractivity contribution in [2.24, 2.45) is 5.10 Å². The highest BCUT2D eigenvalue weighted by atomic mass is 35.5. The van der Waals surface area contributed by atoms with E-state index in [-0.39, 0.29) is 30.1 Å². The lowest BCUT2D eigenvalue weighted by Gasteiger charge is -2.20. The molecule has 10 heteroatoms. The zero-order chi connectivity index (χ0) is 21.1. The summed E-state index contributed by atoms with van der Waals surface area (Å²) >= 11 is 5.94. The summed E-state index contributed by atoms with van der Waals surface area (Å²) in [6.45, 7) is 1.91. The highest BCUT2D eigenvalue weighted by molar-refractivity contribution is 6.30. The summed E-state index contributed by atoms with van der Waals surface area (Å²) in [5.74, 6) is -0.793. The van der Waals surface area contributed by atoms with E-state index in [9.17, 15) is 19.5 Å². The number of nitrogens with zero attached hydrogens (tertiary/aromatic N) is 3. The molecule has 1 atom stereocenters. The largest absolute Gasteiger partial charge is 0.494 e. The predicted molar refractivity (Wildman–Crippen MR) is 107 cm³/mol. The summed E-state index contributed by atoms with van der Waals surface area (Å²) in [5.41, 5.74) is -0.588. The van der Waals surface area contributed by atoms with E-state index in [1.165, 1.54) is 19.0 Å². The van der Waals surface area contributed by atoms with E-state index in [1.807, 2.05) is 0 Å². The van der Waals surface area contributed by atoms with Crippen molar-refractivity contribution in [3.63, 3.8) is 0 Å². The molecule has 2 N–H and O–H groups in total. The number of aromatic hydroxyl groups is 1. The number of hydrogen-bond acceptors (Lipinski definition) is 6. The van der Waals surface area contributed by atoms with E-state index in [0.29, 0.717) is 18.1 Å². The molecule has 0 spiro atoms. The molecular weight excluding hydrogens is 400 g/mol. The summed E-state index contributed by atoms with van der Waals surface area (Å²) < 4.78 is 6.02. The third kappa shape index (κ3) is 4.25. The molecule has 0 fully saturated rings. The second kappa shape index (κ2) is 8.62. The first-order valence-electron chi connectivity index (χ1n) is 9.01. The molecule has 9 nitrogen and oxygen atoms in total. The lowest BCUT2D eigenvalue weighted by atomic mass is 9.99. The van der Waals surface area contributed by atoms with Crippen LogP contribution < -0.4 is 11.2 Å². The maximum atomic E-state index is 12.4. The molecule has 2 aromatic rings. The van der Waals surface area contributed by atoms with Gasteiger partial charge in [0.2, 0.25) is 11.8 Å². The molecule has 154 valence electrons. The maximum Gasteiger partial charge on any atom is 0.331 e. The first-order valence-corrected chi connectivity index (χ1v) is 9.39. The van der Waals surface area contributed by atoms with Crippen molar-refractivity contribution < 1.29 is 14.6 Å². The minimum atomic E-state index is -0.755. The molecule has 1 aliphatic heterocycles. The van der Waals surface area contributed by atoms with Crippen LogP contribution in [0.25, 0.3) is 0 Å². The summed E-state index contributed by atoms with van der Waals surface area (Å²) in [7, 11) is 1.53. The number of hydrazone groups is 1. The summed E-state index contributed by atoms with van der Waals surface area (Å²) in [6.07, 6.45) is 0.670. The normalized spacial score (nSPS) is 16.2. The minimum absolute atomic E-state index is 0.121. The van der Waals surface area contributed by atoms with Gasteiger partial charge < -0.3 is 9.84 Å². The van der Waals surface area contributed by atoms with Crippen LogP contribution in [0.15, 0.2) is 39.0 Å². The quantitative estimate of drug-likeness (QED) is 0.689. The van der Waals surface area contributed by atoms with Gasteiger partial charge in [0.25, 0.3) is 5.56 Å². The molecule has 3 rings (SSSR count). The SMILES string of the molecule is COCCCn1c(O)c(C2=NN(C(C)=O)[C@@H](c3ccc(Cl)cc3)C2)c(=O)[nH]c1=O. The Kier molecular flexibility index (Phi) is 6.19. The third-order valence-corrected chi connectivity index (χ3v) is 4.93. The van der Waals surface area contributed by atoms with Gasteiger partial charge in [-0.1, -0.05) is 23.7 Å². The number of carbonyl (C=O) groups excluding carboxylic acids is 1. The second-order valence-electron chi connectivity index (χ2n) is 6.64. The van der Waals surface area contributed by atoms with Gasteiger partial charge in [-0.15, -0.1) is 0 Å². The second-order valence-corrected chi connectivity index (χ2v) is 7.07. The van der Waals surface area contributed by atoms with Crippen molar-refractivity contribution in [1.82, 2.24) is 14.6 Å². The van der Waals surface area contributed by atoms with Crippen LogP contribution in [0.1, 0.15) is 36.9 Å². The van der Waals surface area contributed by atoms with E-state index < -0.39 is 23.2 Å². The Hall–Kier alpha value is -2.91. The summed E-state index contributed by atoms with van der Waals surface area (Å²) in [5, 5.41) is 16.7. The van der Waals surface area contributed by atoms with Gasteiger partial charge in [-0.3, -0.25) is 19.1 Å². The summed E-state index contributed by atoms with van der Waals surface area (Å²) in [6, 6.07) is 6.50. The monoisotopic (exact) mass is 420 g/mol. The van der Waals surface area contributed by atoms with Crippen molar-refractivity contribution in [2.45, 2.75) is 32.4 Å². The Morgan fingerprint density at radius 2 is 2.03 bits per heavy atom. The Morgan fingerprint density at radius 3 is 2.66 bits per heavy atom. The molecule has 1 aliphatic rings. The molecular formula is C19H21ClN4O5. The fourth-order valence-electron chi connectivity index (χ4n) is 3.29. The molecule has 1 aromatic heterocycles. The average Bonchev–Trinajstić information content (AvgIpc) is 3.10. The number of amides is 1. The smallest absolute Gasteiger partial charge is 0.331 e. The number of aromatic nitrogens is 2. The lowest BCUT2D eigenvalue weighted by Crippen LogP contribution is -2.34. The zero-order valence-corrected chi connectivity index (χ0v) is 16.8. The molecule has 0 aliphatic carbocycles. The topological polar surface area (TPSA) is 117 Å². The minimum Gasteiger partial charge on any atom is -0.494 e. The predicted octanol–water partition coefficient (Wildman–Crippen LogP) is 1.63. The molecule has 1 aromatic carbocycles. The number of aromatic amines is 1. The van der Waals surface area contributed by atoms with Crippen LogP contribution in [0.3, 0.4) is 0 Å². The van der Waals surface area contributed by atoms with E-state index in [4.69, 9.17) is 16.3 Å². The van der Waals surface area contributed by atoms with Crippen LogP contribution in [-0.4, -0.2) is 45.0 Å². The lowest BCUT2D eigenvalue weighted by molar-refractivity contribution is -0.130. The summed E-state index contributed by atoms with van der Waals surface area (Å²) in [4.78, 5) is 38.9. The highest BCUT2D eigenvalue weighted by Gasteiger charge is 2.34. The maximum absolute atomic E-state index is 12.4. The van der Waals surface area contributed by atoms with Crippen molar-refractivity contribution in [2.75, 3.05) is 13.7 Å². The molecule has 0 unspecified atom stereocenters. The molecule has 29 heavy (non-hydrogen) atoms. The average molecular weight is 421 g/mol. The number of halogens is 1. The highest BCUT2D eigenvalue weighted by Crippen LogP contribution is 2.34. The number of ether oxygens (including phenoxy) is 1. The molecule has 0 bridgehead atoms. The van der Waals surface area contributed by atoms with E-state index in [0.717, 1.165) is 10.1 Å².